The van der Waals surface area contributed by atoms with Crippen molar-refractivity contribution in [3.8, 4) is 0 Å². The molecule has 0 atom stereocenters. The summed E-state index contributed by atoms with van der Waals surface area (Å²) in [6.45, 7) is 0. The van der Waals surface area contributed by atoms with Crippen LogP contribution in [0.5, 0.6) is 0 Å². The van der Waals surface area contributed by atoms with Crippen molar-refractivity contribution in [1.29, 1.82) is 0 Å². The van der Waals surface area contributed by atoms with E-state index in [2.05, 4.69) is 0 Å². The van der Waals surface area contributed by atoms with Crippen LogP contribution in [0.1, 0.15) is 0 Å². The molecule has 0 fully saturated rings. The molecule has 0 aliphatic rings. The smallest absolute Gasteiger partial charge is 0.332 e. The minimum Gasteiger partial charge on any atom is -0.351 e. The van der Waals surface area contributed by atoms with Crippen molar-refractivity contribution in [1.82, 2.24) is 4.57 Å². The molecule has 0 spiro atoms. The summed E-state index contributed by atoms with van der Waals surface area (Å²) in [5, 5.41) is 0.414. The Kier molecular flexibility index (Phi) is 1.85. The van der Waals surface area contributed by atoms with Crippen LogP contribution in [0.2, 0.25) is 0 Å². The highest BCUT2D eigenvalue weighted by atomic mass is 32.3. The minimum atomic E-state index is -4.63. The first kappa shape index (κ1) is 9.21. The molecule has 74 valence electrons. The SMILES string of the molecule is Cn1ccc2c(S(=O)(=O)F)cccc21. The normalized spacial score (nSPS) is 12.1. The van der Waals surface area contributed by atoms with Crippen LogP contribution in [0.25, 0.3) is 10.9 Å². The largest absolute Gasteiger partial charge is 0.351 e. The van der Waals surface area contributed by atoms with Gasteiger partial charge in [0.1, 0.15) is 4.90 Å². The number of rotatable bonds is 1. The number of hydrogen-bond donors (Lipinski definition) is 0. The first-order valence-corrected chi connectivity index (χ1v) is 5.37. The van der Waals surface area contributed by atoms with Gasteiger partial charge in [-0.25, -0.2) is 0 Å². The predicted octanol–water partition coefficient (Wildman–Crippen LogP) is 1.84. The molecule has 1 aromatic heterocycles. The van der Waals surface area contributed by atoms with Crippen LogP contribution in [0, 0.1) is 0 Å². The first-order chi connectivity index (χ1) is 6.50. The maximum Gasteiger partial charge on any atom is 0.332 e. The molecule has 0 saturated heterocycles. The van der Waals surface area contributed by atoms with Gasteiger partial charge in [-0.2, -0.15) is 8.42 Å². The standard InChI is InChI=1S/C9H8FNO2S/c1-11-6-5-7-8(11)3-2-4-9(7)14(10,12)13/h2-6H,1H3. The first-order valence-electron chi connectivity index (χ1n) is 3.99. The molecule has 3 nitrogen and oxygen atoms in total. The summed E-state index contributed by atoms with van der Waals surface area (Å²) < 4.78 is 36.1. The van der Waals surface area contributed by atoms with Gasteiger partial charge in [0.15, 0.2) is 0 Å². The quantitative estimate of drug-likeness (QED) is 0.678. The monoisotopic (exact) mass is 213 g/mol. The van der Waals surface area contributed by atoms with Crippen LogP contribution in [0.4, 0.5) is 3.89 Å². The van der Waals surface area contributed by atoms with Crippen molar-refractivity contribution in [2.45, 2.75) is 4.90 Å². The maximum atomic E-state index is 12.8. The number of aromatic nitrogens is 1. The lowest BCUT2D eigenvalue weighted by Gasteiger charge is -1.98. The highest BCUT2D eigenvalue weighted by Gasteiger charge is 2.16. The summed E-state index contributed by atoms with van der Waals surface area (Å²) in [7, 11) is -2.85. The predicted molar refractivity (Wildman–Crippen MR) is 51.2 cm³/mol. The molecule has 0 radical (unpaired) electrons. The van der Waals surface area contributed by atoms with E-state index in [-0.39, 0.29) is 4.90 Å². The third kappa shape index (κ3) is 1.29. The number of nitrogens with zero attached hydrogens (tertiary/aromatic N) is 1. The molecular weight excluding hydrogens is 205 g/mol. The highest BCUT2D eigenvalue weighted by molar-refractivity contribution is 7.86. The fourth-order valence-electron chi connectivity index (χ4n) is 1.49. The van der Waals surface area contributed by atoms with Crippen molar-refractivity contribution in [3.63, 3.8) is 0 Å². The zero-order valence-electron chi connectivity index (χ0n) is 7.44. The molecule has 5 heteroatoms. The van der Waals surface area contributed by atoms with Crippen molar-refractivity contribution >= 4 is 21.1 Å². The molecular formula is C9H8FNO2S. The lowest BCUT2D eigenvalue weighted by Crippen LogP contribution is -1.93. The Hall–Kier alpha value is -1.36. The van der Waals surface area contributed by atoms with E-state index in [0.717, 1.165) is 0 Å². The van der Waals surface area contributed by atoms with E-state index in [4.69, 9.17) is 0 Å². The lowest BCUT2D eigenvalue weighted by molar-refractivity contribution is 0.553. The summed E-state index contributed by atoms with van der Waals surface area (Å²) in [4.78, 5) is -0.268. The van der Waals surface area contributed by atoms with Gasteiger partial charge in [0.2, 0.25) is 0 Å². The molecule has 0 N–H and O–H groups in total. The Morgan fingerprint density at radius 2 is 2.00 bits per heavy atom. The maximum absolute atomic E-state index is 12.8. The van der Waals surface area contributed by atoms with E-state index < -0.39 is 10.2 Å². The summed E-state index contributed by atoms with van der Waals surface area (Å²) in [6, 6.07) is 6.11. The molecule has 0 amide bonds. The van der Waals surface area contributed by atoms with Gasteiger partial charge >= 0.3 is 10.2 Å². The Morgan fingerprint density at radius 3 is 2.64 bits per heavy atom. The third-order valence-corrected chi connectivity index (χ3v) is 3.03. The summed E-state index contributed by atoms with van der Waals surface area (Å²) in [5.41, 5.74) is 0.698. The highest BCUT2D eigenvalue weighted by Crippen LogP contribution is 2.24. The number of benzene rings is 1. The Balaban J connectivity index is 2.92. The van der Waals surface area contributed by atoms with E-state index >= 15 is 0 Å². The second-order valence-corrected chi connectivity index (χ2v) is 4.37. The van der Waals surface area contributed by atoms with E-state index in [1.165, 1.54) is 12.1 Å². The molecule has 0 bridgehead atoms. The Bertz CT molecular complexity index is 586. The van der Waals surface area contributed by atoms with Gasteiger partial charge in [0.05, 0.1) is 0 Å². The fraction of sp³-hybridized carbons (Fsp3) is 0.111. The lowest BCUT2D eigenvalue weighted by atomic mass is 10.2. The van der Waals surface area contributed by atoms with Crippen LogP contribution < -0.4 is 0 Å². The summed E-state index contributed by atoms with van der Waals surface area (Å²) in [5.74, 6) is 0. The van der Waals surface area contributed by atoms with Crippen LogP contribution in [-0.4, -0.2) is 13.0 Å². The van der Waals surface area contributed by atoms with Gasteiger partial charge in [-0.3, -0.25) is 0 Å². The molecule has 0 aliphatic heterocycles. The van der Waals surface area contributed by atoms with Crippen molar-refractivity contribution in [2.24, 2.45) is 7.05 Å². The molecule has 0 unspecified atom stereocenters. The van der Waals surface area contributed by atoms with Crippen LogP contribution in [0.3, 0.4) is 0 Å². The number of fused-ring (bicyclic) bond motifs is 1. The molecule has 1 heterocycles. The number of halogens is 1. The van der Waals surface area contributed by atoms with Gasteiger partial charge in [-0.05, 0) is 18.2 Å². The average molecular weight is 213 g/mol. The van der Waals surface area contributed by atoms with E-state index in [0.29, 0.717) is 10.9 Å². The van der Waals surface area contributed by atoms with Gasteiger partial charge < -0.3 is 4.57 Å². The van der Waals surface area contributed by atoms with E-state index in [1.807, 2.05) is 0 Å². The molecule has 0 aliphatic carbocycles. The zero-order valence-corrected chi connectivity index (χ0v) is 8.25. The van der Waals surface area contributed by atoms with Gasteiger partial charge in [0.25, 0.3) is 0 Å². The second kappa shape index (κ2) is 2.81. The third-order valence-electron chi connectivity index (χ3n) is 2.15. The second-order valence-electron chi connectivity index (χ2n) is 3.05. The van der Waals surface area contributed by atoms with Gasteiger partial charge in [-0.1, -0.05) is 6.07 Å². The van der Waals surface area contributed by atoms with Gasteiger partial charge in [-0.15, -0.1) is 3.89 Å². The van der Waals surface area contributed by atoms with Crippen molar-refractivity contribution in [3.05, 3.63) is 30.5 Å². The van der Waals surface area contributed by atoms with Crippen molar-refractivity contribution in [2.75, 3.05) is 0 Å². The fourth-order valence-corrected chi connectivity index (χ4v) is 2.16. The van der Waals surface area contributed by atoms with Crippen molar-refractivity contribution < 1.29 is 12.3 Å². The molecule has 2 rings (SSSR count). The summed E-state index contributed by atoms with van der Waals surface area (Å²) in [6.07, 6.45) is 1.69. The van der Waals surface area contributed by atoms with E-state index in [1.54, 1.807) is 29.9 Å². The summed E-state index contributed by atoms with van der Waals surface area (Å²) >= 11 is 0. The zero-order chi connectivity index (χ0) is 10.3. The number of aryl methyl sites for hydroxylation is 1. The Labute approximate surface area is 81.0 Å². The van der Waals surface area contributed by atoms with Crippen LogP contribution >= 0.6 is 0 Å². The molecule has 0 saturated carbocycles. The number of hydrogen-bond acceptors (Lipinski definition) is 2. The topological polar surface area (TPSA) is 39.1 Å². The Morgan fingerprint density at radius 1 is 1.29 bits per heavy atom. The minimum absolute atomic E-state index is 0.268. The molecule has 1 aromatic carbocycles. The van der Waals surface area contributed by atoms with Gasteiger partial charge in [0, 0.05) is 24.1 Å². The van der Waals surface area contributed by atoms with Crippen LogP contribution in [0.15, 0.2) is 35.4 Å². The average Bonchev–Trinajstić information content (AvgIpc) is 2.46. The van der Waals surface area contributed by atoms with E-state index in [9.17, 15) is 12.3 Å². The molecule has 2 aromatic rings. The van der Waals surface area contributed by atoms with Crippen LogP contribution in [-0.2, 0) is 17.3 Å². The molecule has 14 heavy (non-hydrogen) atoms.